The fourth-order valence-electron chi connectivity index (χ4n) is 7.78. The molecule has 1 heteroatoms. The Hall–Kier alpha value is -3.32. The molecule has 1 aromatic carbocycles. The van der Waals surface area contributed by atoms with E-state index in [1.54, 1.807) is 22.3 Å². The largest absolute Gasteiger partial charge is 0.385 e. The lowest BCUT2D eigenvalue weighted by Crippen LogP contribution is -2.25. The van der Waals surface area contributed by atoms with Gasteiger partial charge in [0, 0.05) is 23.8 Å². The second kappa shape index (κ2) is 11.3. The number of nitrogens with one attached hydrogen (secondary N) is 1. The highest BCUT2D eigenvalue weighted by Crippen LogP contribution is 2.50. The molecule has 0 radical (unpaired) electrons. The summed E-state index contributed by atoms with van der Waals surface area (Å²) >= 11 is 0. The number of aryl methyl sites for hydroxylation is 1. The van der Waals surface area contributed by atoms with Crippen LogP contribution in [0.15, 0.2) is 114 Å². The van der Waals surface area contributed by atoms with E-state index in [2.05, 4.69) is 103 Å². The van der Waals surface area contributed by atoms with Crippen molar-refractivity contribution in [2.75, 3.05) is 0 Å². The average molecular weight is 526 g/mol. The molecule has 204 valence electrons. The normalized spacial score (nSPS) is 28.1. The lowest BCUT2D eigenvalue weighted by atomic mass is 9.70. The van der Waals surface area contributed by atoms with Crippen LogP contribution in [0.2, 0.25) is 0 Å². The molecule has 6 aliphatic carbocycles. The standard InChI is InChI=1S/C39H43N/c1-2-36(34-17-15-28-9-4-6-11-31(28)25-34)38(37-13-7-12-33-26-39(33)37)22-23-40-35-20-18-29(19-21-35)32-16-14-27-8-3-5-10-30(27)24-32/h2,5,10,13-20,22-24,26,31,35-36,38-40H,1,3-4,6-9,11-12,21,25H2/b23-22+. The van der Waals surface area contributed by atoms with Gasteiger partial charge in [-0.15, -0.1) is 6.58 Å². The zero-order valence-electron chi connectivity index (χ0n) is 23.8. The van der Waals surface area contributed by atoms with Gasteiger partial charge in [-0.25, -0.2) is 0 Å². The van der Waals surface area contributed by atoms with Crippen molar-refractivity contribution >= 4 is 11.6 Å². The smallest absolute Gasteiger partial charge is 0.0476 e. The van der Waals surface area contributed by atoms with Gasteiger partial charge in [0.2, 0.25) is 0 Å². The summed E-state index contributed by atoms with van der Waals surface area (Å²) in [5.74, 6) is 2.09. The third-order valence-corrected chi connectivity index (χ3v) is 10.2. The second-order valence-corrected chi connectivity index (χ2v) is 12.6. The van der Waals surface area contributed by atoms with Crippen LogP contribution in [0.3, 0.4) is 0 Å². The van der Waals surface area contributed by atoms with Crippen molar-refractivity contribution in [3.63, 3.8) is 0 Å². The van der Waals surface area contributed by atoms with Gasteiger partial charge in [-0.1, -0.05) is 108 Å². The van der Waals surface area contributed by atoms with E-state index in [-0.39, 0.29) is 0 Å². The van der Waals surface area contributed by atoms with E-state index in [4.69, 9.17) is 0 Å². The third kappa shape index (κ3) is 5.24. The van der Waals surface area contributed by atoms with Crippen LogP contribution in [0.5, 0.6) is 0 Å². The summed E-state index contributed by atoms with van der Waals surface area (Å²) in [5, 5.41) is 3.74. The Morgan fingerprint density at radius 2 is 1.93 bits per heavy atom. The van der Waals surface area contributed by atoms with Gasteiger partial charge in [0.15, 0.2) is 0 Å². The Morgan fingerprint density at radius 1 is 0.950 bits per heavy atom. The number of hydrogen-bond donors (Lipinski definition) is 1. The molecule has 5 unspecified atom stereocenters. The summed E-state index contributed by atoms with van der Waals surface area (Å²) in [7, 11) is 0. The summed E-state index contributed by atoms with van der Waals surface area (Å²) in [5.41, 5.74) is 12.1. The highest BCUT2D eigenvalue weighted by molar-refractivity contribution is 5.77. The number of allylic oxidation sites excluding steroid dienone is 13. The maximum atomic E-state index is 4.37. The van der Waals surface area contributed by atoms with Crippen LogP contribution in [0.1, 0.15) is 74.5 Å². The molecule has 0 heterocycles. The van der Waals surface area contributed by atoms with Gasteiger partial charge < -0.3 is 5.32 Å². The van der Waals surface area contributed by atoms with Gasteiger partial charge >= 0.3 is 0 Å². The zero-order chi connectivity index (χ0) is 26.9. The van der Waals surface area contributed by atoms with Crippen LogP contribution in [0, 0.1) is 23.7 Å². The molecule has 0 aliphatic heterocycles. The first kappa shape index (κ1) is 25.6. The van der Waals surface area contributed by atoms with E-state index in [0.717, 1.165) is 25.2 Å². The SMILES string of the molecule is C=CC(C1=CC=C2CCCCC2C1)C(/C=C/NC1C=CC(c2ccc3c(c2)C=CCC3)=CC1)C1=CCCC2=CC21. The molecule has 1 saturated carbocycles. The van der Waals surface area contributed by atoms with Crippen molar-refractivity contribution < 1.29 is 0 Å². The highest BCUT2D eigenvalue weighted by Gasteiger charge is 2.37. The minimum absolute atomic E-state index is 0.330. The van der Waals surface area contributed by atoms with E-state index in [9.17, 15) is 0 Å². The van der Waals surface area contributed by atoms with Crippen molar-refractivity contribution in [3.8, 4) is 0 Å². The maximum absolute atomic E-state index is 4.37. The van der Waals surface area contributed by atoms with Crippen molar-refractivity contribution in [2.45, 2.75) is 70.3 Å². The van der Waals surface area contributed by atoms with E-state index in [1.807, 2.05) is 0 Å². The monoisotopic (exact) mass is 525 g/mol. The summed E-state index contributed by atoms with van der Waals surface area (Å²) in [4.78, 5) is 0. The van der Waals surface area contributed by atoms with Crippen LogP contribution < -0.4 is 5.32 Å². The van der Waals surface area contributed by atoms with Crippen LogP contribution in [-0.4, -0.2) is 6.04 Å². The molecule has 0 saturated heterocycles. The Kier molecular flexibility index (Phi) is 7.23. The molecule has 6 aliphatic rings. The third-order valence-electron chi connectivity index (χ3n) is 10.2. The molecule has 1 nitrogen and oxygen atoms in total. The van der Waals surface area contributed by atoms with Gasteiger partial charge in [0.05, 0.1) is 0 Å². The van der Waals surface area contributed by atoms with E-state index >= 15 is 0 Å². The first-order valence-electron chi connectivity index (χ1n) is 15.8. The molecule has 40 heavy (non-hydrogen) atoms. The molecule has 1 aromatic rings. The summed E-state index contributed by atoms with van der Waals surface area (Å²) in [6, 6.07) is 7.31. The highest BCUT2D eigenvalue weighted by atomic mass is 14.9. The molecule has 7 rings (SSSR count). The molecule has 5 atom stereocenters. The molecule has 1 N–H and O–H groups in total. The van der Waals surface area contributed by atoms with Gasteiger partial charge in [0.25, 0.3) is 0 Å². The first-order chi connectivity index (χ1) is 19.8. The van der Waals surface area contributed by atoms with Crippen molar-refractivity contribution in [1.29, 1.82) is 0 Å². The molecule has 0 amide bonds. The van der Waals surface area contributed by atoms with Crippen molar-refractivity contribution in [3.05, 3.63) is 131 Å². The van der Waals surface area contributed by atoms with Crippen LogP contribution >= 0.6 is 0 Å². The average Bonchev–Trinajstić information content (AvgIpc) is 3.81. The van der Waals surface area contributed by atoms with Crippen molar-refractivity contribution in [2.24, 2.45) is 23.7 Å². The Morgan fingerprint density at radius 3 is 2.83 bits per heavy atom. The lowest BCUT2D eigenvalue weighted by Gasteiger charge is -2.35. The van der Waals surface area contributed by atoms with Crippen molar-refractivity contribution in [1.82, 2.24) is 5.32 Å². The van der Waals surface area contributed by atoms with Gasteiger partial charge in [-0.3, -0.25) is 0 Å². The lowest BCUT2D eigenvalue weighted by molar-refractivity contribution is 0.423. The molecule has 0 aromatic heterocycles. The first-order valence-corrected chi connectivity index (χ1v) is 15.8. The molecule has 1 fully saturated rings. The van der Waals surface area contributed by atoms with Gasteiger partial charge in [-0.05, 0) is 98.2 Å². The van der Waals surface area contributed by atoms with Crippen LogP contribution in [0.4, 0.5) is 0 Å². The van der Waals surface area contributed by atoms with E-state index in [1.165, 1.54) is 67.2 Å². The minimum atomic E-state index is 0.330. The summed E-state index contributed by atoms with van der Waals surface area (Å²) in [6.07, 6.45) is 40.9. The predicted octanol–water partition coefficient (Wildman–Crippen LogP) is 9.60. The van der Waals surface area contributed by atoms with E-state index in [0.29, 0.717) is 23.8 Å². The Labute approximate surface area is 241 Å². The summed E-state index contributed by atoms with van der Waals surface area (Å²) < 4.78 is 0. The zero-order valence-corrected chi connectivity index (χ0v) is 23.8. The summed E-state index contributed by atoms with van der Waals surface area (Å²) in [6.45, 7) is 4.37. The molecular weight excluding hydrogens is 482 g/mol. The number of fused-ring (bicyclic) bond motifs is 3. The second-order valence-electron chi connectivity index (χ2n) is 12.6. The Balaban J connectivity index is 1.05. The van der Waals surface area contributed by atoms with Gasteiger partial charge in [0.1, 0.15) is 0 Å². The number of rotatable bonds is 8. The molecule has 0 bridgehead atoms. The van der Waals surface area contributed by atoms with Crippen LogP contribution in [-0.2, 0) is 6.42 Å². The maximum Gasteiger partial charge on any atom is 0.0476 e. The predicted molar refractivity (Wildman–Crippen MR) is 170 cm³/mol. The minimum Gasteiger partial charge on any atom is -0.385 e. The number of hydrogen-bond acceptors (Lipinski definition) is 1. The Bertz CT molecular complexity index is 1420. The van der Waals surface area contributed by atoms with Crippen LogP contribution in [0.25, 0.3) is 11.6 Å². The fraction of sp³-hybridized carbons (Fsp3) is 0.385. The fourth-order valence-corrected chi connectivity index (χ4v) is 7.78. The number of benzene rings is 1. The van der Waals surface area contributed by atoms with E-state index < -0.39 is 0 Å². The molecular formula is C39H43N. The molecule has 0 spiro atoms. The topological polar surface area (TPSA) is 12.0 Å². The quantitative estimate of drug-likeness (QED) is 0.333. The van der Waals surface area contributed by atoms with Gasteiger partial charge in [-0.2, -0.15) is 0 Å².